The molecule has 1 heterocycles. The monoisotopic (exact) mass is 278 g/mol. The maximum atomic E-state index is 5.13. The molecule has 2 atom stereocenters. The lowest BCUT2D eigenvalue weighted by molar-refractivity contribution is 0.178. The smallest absolute Gasteiger partial charge is 0.158 e. The summed E-state index contributed by atoms with van der Waals surface area (Å²) >= 11 is 0. The third kappa shape index (κ3) is 4.07. The van der Waals surface area contributed by atoms with E-state index in [0.29, 0.717) is 12.4 Å². The lowest BCUT2D eigenvalue weighted by atomic mass is 9.98. The van der Waals surface area contributed by atoms with Crippen LogP contribution in [0.5, 0.6) is 0 Å². The lowest BCUT2D eigenvalue weighted by Gasteiger charge is -2.17. The Morgan fingerprint density at radius 1 is 1.25 bits per heavy atom. The van der Waals surface area contributed by atoms with E-state index in [-0.39, 0.29) is 0 Å². The molecule has 1 aliphatic rings. The average molecular weight is 278 g/mol. The van der Waals surface area contributed by atoms with Crippen molar-refractivity contribution in [3.63, 3.8) is 0 Å². The Morgan fingerprint density at radius 3 is 2.60 bits per heavy atom. The maximum absolute atomic E-state index is 5.13. The standard InChI is InChI=1S/C15H26N4O/c1-4-16-13-8-14(19-15(18-13)10-20-3)17-9-12-7-5-6-11(12)2/h8,11-12H,4-7,9-10H2,1-3H3,(H2,16,17,18,19). The van der Waals surface area contributed by atoms with Crippen molar-refractivity contribution in [3.05, 3.63) is 11.9 Å². The molecule has 0 bridgehead atoms. The van der Waals surface area contributed by atoms with E-state index >= 15 is 0 Å². The predicted molar refractivity (Wildman–Crippen MR) is 81.9 cm³/mol. The maximum Gasteiger partial charge on any atom is 0.158 e. The van der Waals surface area contributed by atoms with E-state index in [9.17, 15) is 0 Å². The van der Waals surface area contributed by atoms with Crippen LogP contribution in [-0.2, 0) is 11.3 Å². The van der Waals surface area contributed by atoms with Gasteiger partial charge in [-0.05, 0) is 25.2 Å². The van der Waals surface area contributed by atoms with Gasteiger partial charge in [-0.25, -0.2) is 9.97 Å². The van der Waals surface area contributed by atoms with Gasteiger partial charge in [-0.2, -0.15) is 0 Å². The van der Waals surface area contributed by atoms with Crippen molar-refractivity contribution in [3.8, 4) is 0 Å². The van der Waals surface area contributed by atoms with Gasteiger partial charge in [0.2, 0.25) is 0 Å². The fraction of sp³-hybridized carbons (Fsp3) is 0.733. The third-order valence-corrected chi connectivity index (χ3v) is 3.99. The lowest BCUT2D eigenvalue weighted by Crippen LogP contribution is -2.18. The molecule has 1 aromatic heterocycles. The van der Waals surface area contributed by atoms with Crippen LogP contribution in [0.2, 0.25) is 0 Å². The van der Waals surface area contributed by atoms with Gasteiger partial charge < -0.3 is 15.4 Å². The van der Waals surface area contributed by atoms with E-state index in [0.717, 1.165) is 36.6 Å². The van der Waals surface area contributed by atoms with E-state index in [1.165, 1.54) is 19.3 Å². The number of hydrogen-bond acceptors (Lipinski definition) is 5. The van der Waals surface area contributed by atoms with Gasteiger partial charge in [-0.15, -0.1) is 0 Å². The Kier molecular flexibility index (Phi) is 5.59. The number of ether oxygens (including phenoxy) is 1. The first-order valence-corrected chi connectivity index (χ1v) is 7.57. The Hall–Kier alpha value is -1.36. The summed E-state index contributed by atoms with van der Waals surface area (Å²) in [6.07, 6.45) is 4.03. The molecule has 2 unspecified atom stereocenters. The van der Waals surface area contributed by atoms with Crippen LogP contribution in [0.4, 0.5) is 11.6 Å². The Labute approximate surface area is 121 Å². The second-order valence-corrected chi connectivity index (χ2v) is 5.57. The van der Waals surface area contributed by atoms with Gasteiger partial charge in [0.1, 0.15) is 18.2 Å². The molecule has 0 amide bonds. The zero-order chi connectivity index (χ0) is 14.4. The molecule has 0 aliphatic heterocycles. The van der Waals surface area contributed by atoms with Crippen molar-refractivity contribution < 1.29 is 4.74 Å². The van der Waals surface area contributed by atoms with Gasteiger partial charge in [-0.1, -0.05) is 19.8 Å². The molecule has 2 N–H and O–H groups in total. The summed E-state index contributed by atoms with van der Waals surface area (Å²) < 4.78 is 5.13. The van der Waals surface area contributed by atoms with Crippen LogP contribution in [0.1, 0.15) is 38.9 Å². The summed E-state index contributed by atoms with van der Waals surface area (Å²) in [4.78, 5) is 8.92. The number of nitrogens with one attached hydrogen (secondary N) is 2. The Bertz CT molecular complexity index is 400. The number of aromatic nitrogens is 2. The van der Waals surface area contributed by atoms with Crippen molar-refractivity contribution in [2.75, 3.05) is 30.8 Å². The molecular weight excluding hydrogens is 252 g/mol. The molecule has 2 rings (SSSR count). The van der Waals surface area contributed by atoms with Gasteiger partial charge in [0, 0.05) is 26.3 Å². The van der Waals surface area contributed by atoms with Crippen molar-refractivity contribution in [1.29, 1.82) is 0 Å². The highest BCUT2D eigenvalue weighted by Gasteiger charge is 2.23. The number of hydrogen-bond donors (Lipinski definition) is 2. The largest absolute Gasteiger partial charge is 0.377 e. The highest BCUT2D eigenvalue weighted by atomic mass is 16.5. The van der Waals surface area contributed by atoms with Crippen LogP contribution in [-0.4, -0.2) is 30.2 Å². The van der Waals surface area contributed by atoms with Crippen LogP contribution in [0.15, 0.2) is 6.07 Å². The normalized spacial score (nSPS) is 21.9. The van der Waals surface area contributed by atoms with Crippen LogP contribution >= 0.6 is 0 Å². The molecule has 112 valence electrons. The minimum atomic E-state index is 0.438. The molecule has 1 aliphatic carbocycles. The van der Waals surface area contributed by atoms with Crippen LogP contribution in [0, 0.1) is 11.8 Å². The van der Waals surface area contributed by atoms with Crippen molar-refractivity contribution in [2.45, 2.75) is 39.7 Å². The molecule has 5 heteroatoms. The van der Waals surface area contributed by atoms with Crippen molar-refractivity contribution >= 4 is 11.6 Å². The van der Waals surface area contributed by atoms with Gasteiger partial charge in [0.05, 0.1) is 0 Å². The number of rotatable bonds is 7. The van der Waals surface area contributed by atoms with E-state index in [1.807, 2.05) is 6.07 Å². The minimum absolute atomic E-state index is 0.438. The first-order chi connectivity index (χ1) is 9.72. The zero-order valence-electron chi connectivity index (χ0n) is 12.8. The summed E-state index contributed by atoms with van der Waals surface area (Å²) in [5.41, 5.74) is 0. The molecule has 20 heavy (non-hydrogen) atoms. The first-order valence-electron chi connectivity index (χ1n) is 7.57. The average Bonchev–Trinajstić information content (AvgIpc) is 2.83. The van der Waals surface area contributed by atoms with E-state index < -0.39 is 0 Å². The third-order valence-electron chi connectivity index (χ3n) is 3.99. The van der Waals surface area contributed by atoms with Gasteiger partial charge in [0.15, 0.2) is 5.82 Å². The summed E-state index contributed by atoms with van der Waals surface area (Å²) in [7, 11) is 1.66. The fourth-order valence-corrected chi connectivity index (χ4v) is 2.81. The van der Waals surface area contributed by atoms with E-state index in [1.54, 1.807) is 7.11 Å². The highest BCUT2D eigenvalue weighted by Crippen LogP contribution is 2.31. The van der Waals surface area contributed by atoms with Crippen LogP contribution < -0.4 is 10.6 Å². The predicted octanol–water partition coefficient (Wildman–Crippen LogP) is 2.90. The second-order valence-electron chi connectivity index (χ2n) is 5.57. The molecule has 0 radical (unpaired) electrons. The second kappa shape index (κ2) is 7.43. The molecule has 5 nitrogen and oxygen atoms in total. The van der Waals surface area contributed by atoms with Gasteiger partial charge in [0.25, 0.3) is 0 Å². The zero-order valence-corrected chi connectivity index (χ0v) is 12.8. The summed E-state index contributed by atoms with van der Waals surface area (Å²) in [5.74, 6) is 4.04. The van der Waals surface area contributed by atoms with Crippen LogP contribution in [0.25, 0.3) is 0 Å². The molecular formula is C15H26N4O. The van der Waals surface area contributed by atoms with E-state index in [4.69, 9.17) is 4.74 Å². The van der Waals surface area contributed by atoms with Crippen LogP contribution in [0.3, 0.4) is 0 Å². The van der Waals surface area contributed by atoms with E-state index in [2.05, 4.69) is 34.4 Å². The summed E-state index contributed by atoms with van der Waals surface area (Å²) in [6, 6.07) is 1.97. The van der Waals surface area contributed by atoms with Crippen molar-refractivity contribution in [2.24, 2.45) is 11.8 Å². The number of anilines is 2. The number of methoxy groups -OCH3 is 1. The molecule has 1 saturated carbocycles. The molecule has 0 saturated heterocycles. The number of nitrogens with zero attached hydrogens (tertiary/aromatic N) is 2. The topological polar surface area (TPSA) is 59.1 Å². The SMILES string of the molecule is CCNc1cc(NCC2CCCC2C)nc(COC)n1. The summed E-state index contributed by atoms with van der Waals surface area (Å²) in [5, 5.41) is 6.70. The summed E-state index contributed by atoms with van der Waals surface area (Å²) in [6.45, 7) is 6.69. The highest BCUT2D eigenvalue weighted by molar-refractivity contribution is 5.47. The Morgan fingerprint density at radius 2 is 2.00 bits per heavy atom. The van der Waals surface area contributed by atoms with Gasteiger partial charge in [-0.3, -0.25) is 0 Å². The molecule has 1 fully saturated rings. The fourth-order valence-electron chi connectivity index (χ4n) is 2.81. The molecule has 1 aromatic rings. The molecule has 0 spiro atoms. The van der Waals surface area contributed by atoms with Gasteiger partial charge >= 0.3 is 0 Å². The Balaban J connectivity index is 2.01. The quantitative estimate of drug-likeness (QED) is 0.803. The molecule has 0 aromatic carbocycles. The first kappa shape index (κ1) is 15.0. The van der Waals surface area contributed by atoms with Crippen molar-refractivity contribution in [1.82, 2.24) is 9.97 Å². The minimum Gasteiger partial charge on any atom is -0.377 e.